The van der Waals surface area contributed by atoms with E-state index in [2.05, 4.69) is 301 Å². The van der Waals surface area contributed by atoms with Crippen molar-refractivity contribution < 1.29 is 0 Å². The van der Waals surface area contributed by atoms with E-state index in [0.717, 1.165) is 45.8 Å². The van der Waals surface area contributed by atoms with E-state index in [1.807, 2.05) is 0 Å². The van der Waals surface area contributed by atoms with Crippen LogP contribution in [-0.4, -0.2) is 9.13 Å². The predicted molar refractivity (Wildman–Crippen MR) is 328 cm³/mol. The second-order valence-electron chi connectivity index (χ2n) is 21.1. The maximum Gasteiger partial charge on any atom is 0.0542 e. The van der Waals surface area contributed by atoms with Gasteiger partial charge in [-0.05, 0) is 160 Å². The van der Waals surface area contributed by atoms with Crippen molar-refractivity contribution in [2.24, 2.45) is 0 Å². The van der Waals surface area contributed by atoms with E-state index in [4.69, 9.17) is 0 Å². The molecule has 0 N–H and O–H groups in total. The summed E-state index contributed by atoms with van der Waals surface area (Å²) in [5.74, 6) is 0. The zero-order valence-electron chi connectivity index (χ0n) is 42.7. The van der Waals surface area contributed by atoms with Gasteiger partial charge >= 0.3 is 0 Å². The molecule has 14 aromatic rings. The van der Waals surface area contributed by atoms with Gasteiger partial charge in [0.25, 0.3) is 0 Å². The Morgan fingerprint density at radius 2 is 0.688 bits per heavy atom. The van der Waals surface area contributed by atoms with Gasteiger partial charge in [0.05, 0.1) is 22.4 Å². The van der Waals surface area contributed by atoms with Gasteiger partial charge in [-0.2, -0.15) is 0 Å². The minimum Gasteiger partial charge on any atom is -0.309 e. The van der Waals surface area contributed by atoms with Gasteiger partial charge in [0.2, 0.25) is 0 Å². The molecule has 0 saturated heterocycles. The lowest BCUT2D eigenvalue weighted by Crippen LogP contribution is -2.19. The molecule has 15 rings (SSSR count). The van der Waals surface area contributed by atoms with Gasteiger partial charge in [-0.25, -0.2) is 0 Å². The van der Waals surface area contributed by atoms with Crippen molar-refractivity contribution in [1.29, 1.82) is 0 Å². The zero-order valence-corrected chi connectivity index (χ0v) is 42.7. The molecule has 1 unspecified atom stereocenters. The molecule has 2 aromatic heterocycles. The van der Waals surface area contributed by atoms with Gasteiger partial charge in [0.1, 0.15) is 0 Å². The second-order valence-corrected chi connectivity index (χ2v) is 21.1. The predicted octanol–water partition coefficient (Wildman–Crippen LogP) is 20.3. The number of benzene rings is 12. The summed E-state index contributed by atoms with van der Waals surface area (Å²) in [6, 6.07) is 97.0. The Morgan fingerprint density at radius 3 is 1.12 bits per heavy atom. The van der Waals surface area contributed by atoms with E-state index in [9.17, 15) is 0 Å². The van der Waals surface area contributed by atoms with Gasteiger partial charge in [0.15, 0.2) is 0 Å². The second kappa shape index (κ2) is 18.0. The maximum atomic E-state index is 2.48. The highest BCUT2D eigenvalue weighted by Gasteiger charge is 2.25. The molecule has 2 heterocycles. The standard InChI is InChI=1S/C75H52N2/c1-75(42-14-3-15-43-75)62-36-30-53(31-37-62)70-47-61-49-71-60(48-72(61)77(70)64-40-34-55(35-41-64)74-67-24-12-8-20-58(67)45-59-21-9-13-25-68(59)74)46-69(52-28-26-51(27-29-52)50-16-4-2-5-17-50)76(71)63-38-32-54(33-39-63)73-65-22-10-6-18-56(65)44-57-19-7-11-23-66(57)73/h2-42,44-49H,43H2,1H3. The quantitative estimate of drug-likeness (QED) is 0.134. The summed E-state index contributed by atoms with van der Waals surface area (Å²) in [4.78, 5) is 0. The molecule has 1 atom stereocenters. The van der Waals surface area contributed by atoms with Gasteiger partial charge < -0.3 is 9.13 Å². The number of nitrogens with zero attached hydrogens (tertiary/aromatic N) is 2. The van der Waals surface area contributed by atoms with Crippen LogP contribution >= 0.6 is 0 Å². The van der Waals surface area contributed by atoms with Crippen LogP contribution in [0.1, 0.15) is 18.9 Å². The number of hydrogen-bond acceptors (Lipinski definition) is 0. The van der Waals surface area contributed by atoms with Gasteiger partial charge in [0, 0.05) is 27.6 Å². The molecular formula is C75H52N2. The van der Waals surface area contributed by atoms with E-state index in [0.29, 0.717) is 0 Å². The molecule has 0 amide bonds. The molecule has 2 heteroatoms. The molecule has 1 aliphatic carbocycles. The first-order valence-corrected chi connectivity index (χ1v) is 26.9. The molecule has 0 bridgehead atoms. The van der Waals surface area contributed by atoms with Crippen molar-refractivity contribution in [3.8, 4) is 67.3 Å². The minimum absolute atomic E-state index is 0.0430. The summed E-state index contributed by atoms with van der Waals surface area (Å²) in [6.07, 6.45) is 9.94. The lowest BCUT2D eigenvalue weighted by molar-refractivity contribution is 0.600. The number of rotatable bonds is 8. The van der Waals surface area contributed by atoms with Crippen LogP contribution in [0, 0.1) is 0 Å². The first-order chi connectivity index (χ1) is 38.0. The van der Waals surface area contributed by atoms with Crippen LogP contribution in [-0.2, 0) is 5.41 Å². The molecule has 362 valence electrons. The van der Waals surface area contributed by atoms with Crippen LogP contribution in [0.4, 0.5) is 0 Å². The Labute approximate surface area is 448 Å². The Bertz CT molecular complexity index is 4560. The van der Waals surface area contributed by atoms with Crippen LogP contribution in [0.15, 0.2) is 285 Å². The van der Waals surface area contributed by atoms with Crippen LogP contribution in [0.25, 0.3) is 132 Å². The van der Waals surface area contributed by atoms with E-state index < -0.39 is 0 Å². The number of fused-ring (bicyclic) bond motifs is 6. The summed E-state index contributed by atoms with van der Waals surface area (Å²) in [5, 5.41) is 12.4. The zero-order chi connectivity index (χ0) is 51.0. The average molecular weight is 981 g/mol. The van der Waals surface area contributed by atoms with Crippen LogP contribution in [0.2, 0.25) is 0 Å². The Kier molecular flexibility index (Phi) is 10.4. The van der Waals surface area contributed by atoms with Gasteiger partial charge in [-0.3, -0.25) is 0 Å². The largest absolute Gasteiger partial charge is 0.309 e. The van der Waals surface area contributed by atoms with Crippen molar-refractivity contribution in [2.75, 3.05) is 0 Å². The third-order valence-corrected chi connectivity index (χ3v) is 16.5. The Morgan fingerprint density at radius 1 is 0.312 bits per heavy atom. The summed E-state index contributed by atoms with van der Waals surface area (Å²) in [7, 11) is 0. The van der Waals surface area contributed by atoms with E-state index in [1.165, 1.54) is 98.4 Å². The summed E-state index contributed by atoms with van der Waals surface area (Å²) in [5.41, 5.74) is 17.8. The topological polar surface area (TPSA) is 9.86 Å². The fourth-order valence-corrected chi connectivity index (χ4v) is 12.5. The Balaban J connectivity index is 0.923. The molecule has 2 nitrogen and oxygen atoms in total. The SMILES string of the molecule is CC1(c2ccc(-c3cc4cc5c(cc(-c6ccc(-c7ccccc7)cc6)n5-c5ccc(-c6c7ccccc7cc7ccccc67)cc5)cc4n3-c3ccc(-c4c5ccccc5cc5ccccc45)cc3)cc2)C=CC=CC1. The maximum absolute atomic E-state index is 2.48. The summed E-state index contributed by atoms with van der Waals surface area (Å²) >= 11 is 0. The molecule has 0 fully saturated rings. The third-order valence-electron chi connectivity index (χ3n) is 16.5. The smallest absolute Gasteiger partial charge is 0.0542 e. The molecule has 12 aromatic carbocycles. The number of aromatic nitrogens is 2. The normalized spacial score (nSPS) is 14.5. The van der Waals surface area contributed by atoms with Crippen LogP contribution in [0.5, 0.6) is 0 Å². The highest BCUT2D eigenvalue weighted by molar-refractivity contribution is 6.14. The highest BCUT2D eigenvalue weighted by atomic mass is 15.0. The number of allylic oxidation sites excluding steroid dienone is 4. The van der Waals surface area contributed by atoms with Gasteiger partial charge in [-0.15, -0.1) is 0 Å². The molecule has 0 spiro atoms. The molecule has 0 radical (unpaired) electrons. The monoisotopic (exact) mass is 980 g/mol. The first kappa shape index (κ1) is 44.7. The minimum atomic E-state index is -0.0430. The van der Waals surface area contributed by atoms with Gasteiger partial charge in [-0.1, -0.05) is 231 Å². The Hall–Kier alpha value is -9.76. The lowest BCUT2D eigenvalue weighted by atomic mass is 9.77. The van der Waals surface area contributed by atoms with E-state index in [-0.39, 0.29) is 5.41 Å². The number of hydrogen-bond donors (Lipinski definition) is 0. The van der Waals surface area contributed by atoms with Crippen LogP contribution in [0.3, 0.4) is 0 Å². The fraction of sp³-hybridized carbons (Fsp3) is 0.0400. The molecule has 0 saturated carbocycles. The first-order valence-electron chi connectivity index (χ1n) is 26.9. The lowest BCUT2D eigenvalue weighted by Gasteiger charge is -2.27. The van der Waals surface area contributed by atoms with E-state index in [1.54, 1.807) is 0 Å². The summed E-state index contributed by atoms with van der Waals surface area (Å²) < 4.78 is 4.95. The molecular weight excluding hydrogens is 929 g/mol. The molecule has 0 aliphatic heterocycles. The van der Waals surface area contributed by atoms with Crippen molar-refractivity contribution in [1.82, 2.24) is 9.13 Å². The van der Waals surface area contributed by atoms with Crippen molar-refractivity contribution >= 4 is 64.9 Å². The van der Waals surface area contributed by atoms with Crippen molar-refractivity contribution in [3.63, 3.8) is 0 Å². The average Bonchev–Trinajstić information content (AvgIpc) is 4.12. The molecule has 1 aliphatic rings. The highest BCUT2D eigenvalue weighted by Crippen LogP contribution is 2.43. The molecule has 77 heavy (non-hydrogen) atoms. The third kappa shape index (κ3) is 7.55. The van der Waals surface area contributed by atoms with Crippen molar-refractivity contribution in [2.45, 2.75) is 18.8 Å². The summed E-state index contributed by atoms with van der Waals surface area (Å²) in [6.45, 7) is 2.34. The fourth-order valence-electron chi connectivity index (χ4n) is 12.5. The van der Waals surface area contributed by atoms with Crippen molar-refractivity contribution in [3.05, 3.63) is 291 Å². The van der Waals surface area contributed by atoms with E-state index >= 15 is 0 Å². The van der Waals surface area contributed by atoms with Crippen LogP contribution < -0.4 is 0 Å².